The van der Waals surface area contributed by atoms with Crippen LogP contribution in [-0.4, -0.2) is 95.2 Å². The average Bonchev–Trinajstić information content (AvgIpc) is 3.01. The van der Waals surface area contributed by atoms with Gasteiger partial charge >= 0.3 is 0 Å². The number of hydrogen-bond acceptors (Lipinski definition) is 7. The molecule has 0 bridgehead atoms. The first-order chi connectivity index (χ1) is 19.2. The van der Waals surface area contributed by atoms with E-state index in [-0.39, 0.29) is 29.4 Å². The van der Waals surface area contributed by atoms with Gasteiger partial charge in [-0.3, -0.25) is 4.79 Å². The van der Waals surface area contributed by atoms with Crippen molar-refractivity contribution in [2.75, 3.05) is 57.8 Å². The Bertz CT molecular complexity index is 1540. The van der Waals surface area contributed by atoms with Gasteiger partial charge in [-0.25, -0.2) is 16.8 Å². The van der Waals surface area contributed by atoms with E-state index in [0.29, 0.717) is 26.2 Å². The molecule has 0 aliphatic carbocycles. The molecule has 2 aliphatic heterocycles. The average molecular weight is 585 g/mol. The zero-order valence-corrected chi connectivity index (χ0v) is 23.8. The van der Waals surface area contributed by atoms with Crippen molar-refractivity contribution in [1.82, 2.24) is 13.5 Å². The van der Waals surface area contributed by atoms with Crippen molar-refractivity contribution >= 4 is 31.6 Å². The Morgan fingerprint density at radius 2 is 1.25 bits per heavy atom. The van der Waals surface area contributed by atoms with E-state index in [4.69, 9.17) is 4.74 Å². The second kappa shape index (κ2) is 11.6. The maximum atomic E-state index is 14.0. The molecule has 0 radical (unpaired) electrons. The van der Waals surface area contributed by atoms with Gasteiger partial charge in [0, 0.05) is 45.8 Å². The molecule has 5 rings (SSSR count). The number of benzene rings is 3. The minimum Gasteiger partial charge on any atom is -0.495 e. The first kappa shape index (κ1) is 28.1. The normalized spacial score (nSPS) is 19.4. The summed E-state index contributed by atoms with van der Waals surface area (Å²) in [4.78, 5) is 17.9. The Labute approximate surface area is 235 Å². The minimum absolute atomic E-state index is 0.0609. The Kier molecular flexibility index (Phi) is 8.13. The Hall–Kier alpha value is -3.45. The molecule has 2 fully saturated rings. The molecule has 0 N–H and O–H groups in total. The number of para-hydroxylation sites is 2. The third kappa shape index (κ3) is 5.44. The molecule has 12 heteroatoms. The molecular formula is C28H32N4O6S2. The highest BCUT2D eigenvalue weighted by Crippen LogP contribution is 2.30. The van der Waals surface area contributed by atoms with Gasteiger partial charge in [-0.15, -0.1) is 0 Å². The van der Waals surface area contributed by atoms with Crippen LogP contribution >= 0.6 is 0 Å². The van der Waals surface area contributed by atoms with Crippen LogP contribution in [0.5, 0.6) is 5.75 Å². The molecule has 3 aromatic rings. The van der Waals surface area contributed by atoms with Crippen LogP contribution in [0, 0.1) is 0 Å². The quantitative estimate of drug-likeness (QED) is 0.419. The third-order valence-corrected chi connectivity index (χ3v) is 11.1. The Morgan fingerprint density at radius 1 is 0.700 bits per heavy atom. The second-order valence-electron chi connectivity index (χ2n) is 9.60. The van der Waals surface area contributed by atoms with E-state index in [2.05, 4.69) is 4.90 Å². The number of carbonyl (C=O) groups is 1. The van der Waals surface area contributed by atoms with Crippen LogP contribution in [0.25, 0.3) is 0 Å². The van der Waals surface area contributed by atoms with Crippen LogP contribution in [0.1, 0.15) is 0 Å². The van der Waals surface area contributed by atoms with Gasteiger partial charge in [0.25, 0.3) is 0 Å². The number of hydrogen-bond donors (Lipinski definition) is 0. The summed E-state index contributed by atoms with van der Waals surface area (Å²) in [6.45, 7) is 1.30. The number of carbonyl (C=O) groups excluding carboxylic acids is 1. The van der Waals surface area contributed by atoms with Gasteiger partial charge in [-0.1, -0.05) is 48.5 Å². The van der Waals surface area contributed by atoms with Gasteiger partial charge in [-0.2, -0.15) is 8.61 Å². The lowest BCUT2D eigenvalue weighted by molar-refractivity contribution is -0.136. The summed E-state index contributed by atoms with van der Waals surface area (Å²) >= 11 is 0. The van der Waals surface area contributed by atoms with Gasteiger partial charge in [0.15, 0.2) is 0 Å². The predicted molar refractivity (Wildman–Crippen MR) is 151 cm³/mol. The molecule has 10 nitrogen and oxygen atoms in total. The number of rotatable bonds is 7. The van der Waals surface area contributed by atoms with Crippen LogP contribution < -0.4 is 9.64 Å². The van der Waals surface area contributed by atoms with Crippen molar-refractivity contribution < 1.29 is 26.4 Å². The fourth-order valence-electron chi connectivity index (χ4n) is 5.19. The van der Waals surface area contributed by atoms with Crippen LogP contribution in [0.15, 0.2) is 94.7 Å². The fourth-order valence-corrected chi connectivity index (χ4v) is 8.23. The fraction of sp³-hybridized carbons (Fsp3) is 0.321. The SMILES string of the molecule is COc1ccccc1N1CCN(C(=O)[C@@H]2CN(S(=O)(=O)c3ccccc3)CCN2S(=O)(=O)c2ccccc2)CC1. The molecule has 1 atom stereocenters. The maximum Gasteiger partial charge on any atom is 0.243 e. The predicted octanol–water partition coefficient (Wildman–Crippen LogP) is 2.11. The third-order valence-electron chi connectivity index (χ3n) is 7.33. The lowest BCUT2D eigenvalue weighted by atomic mass is 10.1. The van der Waals surface area contributed by atoms with E-state index in [9.17, 15) is 21.6 Å². The van der Waals surface area contributed by atoms with E-state index in [1.165, 1.54) is 28.6 Å². The van der Waals surface area contributed by atoms with Crippen molar-refractivity contribution in [1.29, 1.82) is 0 Å². The van der Waals surface area contributed by atoms with E-state index in [1.54, 1.807) is 48.4 Å². The van der Waals surface area contributed by atoms with Crippen molar-refractivity contribution in [2.45, 2.75) is 15.8 Å². The van der Waals surface area contributed by atoms with Crippen molar-refractivity contribution in [3.63, 3.8) is 0 Å². The van der Waals surface area contributed by atoms with Crippen molar-refractivity contribution in [3.8, 4) is 5.75 Å². The topological polar surface area (TPSA) is 108 Å². The lowest BCUT2D eigenvalue weighted by Crippen LogP contribution is -2.63. The molecule has 3 aromatic carbocycles. The van der Waals surface area contributed by atoms with Crippen LogP contribution in [0.3, 0.4) is 0 Å². The zero-order valence-electron chi connectivity index (χ0n) is 22.2. The number of sulfonamides is 2. The summed E-state index contributed by atoms with van der Waals surface area (Å²) in [6, 6.07) is 22.4. The van der Waals surface area contributed by atoms with Gasteiger partial charge in [-0.05, 0) is 36.4 Å². The van der Waals surface area contributed by atoms with Gasteiger partial charge in [0.05, 0.1) is 22.6 Å². The highest BCUT2D eigenvalue weighted by atomic mass is 32.2. The van der Waals surface area contributed by atoms with Crippen LogP contribution in [0.2, 0.25) is 0 Å². The summed E-state index contributed by atoms with van der Waals surface area (Å²) < 4.78 is 62.1. The molecule has 1 amide bonds. The molecule has 2 aliphatic rings. The molecule has 40 heavy (non-hydrogen) atoms. The van der Waals surface area contributed by atoms with E-state index in [1.807, 2.05) is 24.3 Å². The first-order valence-corrected chi connectivity index (χ1v) is 15.9. The van der Waals surface area contributed by atoms with E-state index < -0.39 is 32.0 Å². The molecule has 2 heterocycles. The molecule has 0 aromatic heterocycles. The highest BCUT2D eigenvalue weighted by molar-refractivity contribution is 7.89. The minimum atomic E-state index is -4.05. The Balaban J connectivity index is 1.41. The van der Waals surface area contributed by atoms with E-state index >= 15 is 0 Å². The highest BCUT2D eigenvalue weighted by Gasteiger charge is 2.45. The van der Waals surface area contributed by atoms with Crippen LogP contribution in [0.4, 0.5) is 5.69 Å². The Morgan fingerprint density at radius 3 is 1.85 bits per heavy atom. The number of nitrogens with zero attached hydrogens (tertiary/aromatic N) is 4. The zero-order chi connectivity index (χ0) is 28.3. The molecular weight excluding hydrogens is 552 g/mol. The van der Waals surface area contributed by atoms with E-state index in [0.717, 1.165) is 15.7 Å². The number of ether oxygens (including phenoxy) is 1. The maximum absolute atomic E-state index is 14.0. The van der Waals surface area contributed by atoms with Gasteiger partial charge in [0.2, 0.25) is 26.0 Å². The number of methoxy groups -OCH3 is 1. The number of amides is 1. The van der Waals surface area contributed by atoms with Gasteiger partial charge in [0.1, 0.15) is 11.8 Å². The number of piperazine rings is 2. The summed E-state index contributed by atoms with van der Waals surface area (Å²) in [6.07, 6.45) is 0. The summed E-state index contributed by atoms with van der Waals surface area (Å²) in [7, 11) is -6.37. The molecule has 212 valence electrons. The monoisotopic (exact) mass is 584 g/mol. The first-order valence-electron chi connectivity index (χ1n) is 13.0. The molecule has 2 saturated heterocycles. The smallest absolute Gasteiger partial charge is 0.243 e. The summed E-state index contributed by atoms with van der Waals surface area (Å²) in [5, 5.41) is 0. The van der Waals surface area contributed by atoms with Gasteiger partial charge < -0.3 is 14.5 Å². The largest absolute Gasteiger partial charge is 0.495 e. The van der Waals surface area contributed by atoms with Crippen molar-refractivity contribution in [2.24, 2.45) is 0 Å². The summed E-state index contributed by atoms with van der Waals surface area (Å²) in [5.74, 6) is 0.323. The van der Waals surface area contributed by atoms with Crippen molar-refractivity contribution in [3.05, 3.63) is 84.9 Å². The summed E-state index contributed by atoms with van der Waals surface area (Å²) in [5.41, 5.74) is 0.920. The second-order valence-corrected chi connectivity index (χ2v) is 13.4. The molecule has 0 unspecified atom stereocenters. The molecule has 0 saturated carbocycles. The number of anilines is 1. The van der Waals surface area contributed by atoms with Crippen LogP contribution in [-0.2, 0) is 24.8 Å². The lowest BCUT2D eigenvalue weighted by Gasteiger charge is -2.43. The standard InChI is InChI=1S/C28H32N4O6S2/c1-38-27-15-9-8-14-25(27)29-16-18-30(19-17-29)28(33)26-22-31(39(34,35)23-10-4-2-5-11-23)20-21-32(26)40(36,37)24-12-6-3-7-13-24/h2-15,26H,16-22H2,1H3/t26-/m0/s1. The molecule has 0 spiro atoms.